The van der Waals surface area contributed by atoms with Gasteiger partial charge in [-0.25, -0.2) is 4.98 Å². The molecule has 0 aliphatic rings. The second-order valence-electron chi connectivity index (χ2n) is 3.40. The minimum atomic E-state index is -0.670. The first kappa shape index (κ1) is 13.2. The third-order valence-corrected chi connectivity index (χ3v) is 3.18. The number of rotatable bonds is 1. The van der Waals surface area contributed by atoms with Gasteiger partial charge in [-0.3, -0.25) is 13.8 Å². The van der Waals surface area contributed by atoms with Gasteiger partial charge in [0.2, 0.25) is 0 Å². The van der Waals surface area contributed by atoms with Crippen molar-refractivity contribution in [1.82, 2.24) is 9.97 Å². The Bertz CT molecular complexity index is 699. The number of aromatic nitrogens is 2. The maximum atomic E-state index is 13.6. The molecule has 0 amide bonds. The average molecular weight is 439 g/mol. The Morgan fingerprint density at radius 1 is 1.22 bits per heavy atom. The van der Waals surface area contributed by atoms with E-state index in [1.165, 1.54) is 17.7 Å². The number of thiophene rings is 1. The van der Waals surface area contributed by atoms with Crippen LogP contribution in [0.5, 0.6) is 0 Å². The third-order valence-electron chi connectivity index (χ3n) is 2.36. The van der Waals surface area contributed by atoms with Gasteiger partial charge in [0, 0.05) is 37.4 Å². The molecule has 2 aromatic heterocycles. The van der Waals surface area contributed by atoms with E-state index in [0.717, 1.165) is 22.3 Å². The van der Waals surface area contributed by atoms with E-state index in [4.69, 9.17) is 0 Å². The maximum Gasteiger partial charge on any atom is 0.117 e. The van der Waals surface area contributed by atoms with Gasteiger partial charge in [0.05, 0.1) is 0 Å². The van der Waals surface area contributed by atoms with E-state index < -0.39 is 11.6 Å². The SMILES string of the molecule is Fc1c[c-]c(-c2ncnc3sccc23)c(F)c1.[Ir]. The number of benzene rings is 1. The molecule has 1 aromatic carbocycles. The fourth-order valence-corrected chi connectivity index (χ4v) is 2.35. The normalized spacial score (nSPS) is 10.3. The van der Waals surface area contributed by atoms with Crippen molar-refractivity contribution in [3.63, 3.8) is 0 Å². The quantitative estimate of drug-likeness (QED) is 0.543. The molecule has 1 radical (unpaired) electrons. The van der Waals surface area contributed by atoms with Crippen molar-refractivity contribution in [3.8, 4) is 11.3 Å². The monoisotopic (exact) mass is 440 g/mol. The summed E-state index contributed by atoms with van der Waals surface area (Å²) in [6.07, 6.45) is 1.37. The molecule has 0 aliphatic heterocycles. The molecule has 3 rings (SSSR count). The van der Waals surface area contributed by atoms with E-state index in [1.54, 1.807) is 0 Å². The second-order valence-corrected chi connectivity index (χ2v) is 4.30. The van der Waals surface area contributed by atoms with Crippen LogP contribution >= 0.6 is 11.3 Å². The van der Waals surface area contributed by atoms with Gasteiger partial charge in [-0.05, 0) is 16.8 Å². The summed E-state index contributed by atoms with van der Waals surface area (Å²) in [7, 11) is 0. The van der Waals surface area contributed by atoms with E-state index in [9.17, 15) is 8.78 Å². The fraction of sp³-hybridized carbons (Fsp3) is 0. The van der Waals surface area contributed by atoms with E-state index in [2.05, 4.69) is 16.0 Å². The molecule has 0 saturated carbocycles. The van der Waals surface area contributed by atoms with Gasteiger partial charge in [0.15, 0.2) is 0 Å². The zero-order valence-corrected chi connectivity index (χ0v) is 12.0. The van der Waals surface area contributed by atoms with Crippen LogP contribution in [0.4, 0.5) is 8.78 Å². The van der Waals surface area contributed by atoms with Gasteiger partial charge in [-0.15, -0.1) is 23.5 Å². The number of hydrogen-bond donors (Lipinski definition) is 0. The van der Waals surface area contributed by atoms with Gasteiger partial charge < -0.3 is 0 Å². The van der Waals surface area contributed by atoms with Crippen LogP contribution in [0.3, 0.4) is 0 Å². The van der Waals surface area contributed by atoms with Crippen LogP contribution in [-0.4, -0.2) is 9.97 Å². The molecule has 2 nitrogen and oxygen atoms in total. The van der Waals surface area contributed by atoms with E-state index in [0.29, 0.717) is 5.69 Å². The number of halogens is 2. The molecule has 2 heterocycles. The van der Waals surface area contributed by atoms with Gasteiger partial charge in [0.1, 0.15) is 11.2 Å². The average Bonchev–Trinajstić information content (AvgIpc) is 2.77. The maximum absolute atomic E-state index is 13.6. The zero-order chi connectivity index (χ0) is 11.8. The van der Waals surface area contributed by atoms with Crippen molar-refractivity contribution in [1.29, 1.82) is 0 Å². The summed E-state index contributed by atoms with van der Waals surface area (Å²) in [5.41, 5.74) is 0.603. The van der Waals surface area contributed by atoms with E-state index >= 15 is 0 Å². The molecule has 0 unspecified atom stereocenters. The summed E-state index contributed by atoms with van der Waals surface area (Å²) in [6, 6.07) is 6.30. The zero-order valence-electron chi connectivity index (χ0n) is 8.78. The molecule has 0 N–H and O–H groups in total. The Morgan fingerprint density at radius 2 is 2.06 bits per heavy atom. The summed E-state index contributed by atoms with van der Waals surface area (Å²) in [5, 5.41) is 2.60. The first-order valence-corrected chi connectivity index (χ1v) is 5.69. The summed E-state index contributed by atoms with van der Waals surface area (Å²) in [5.74, 6) is -1.32. The Morgan fingerprint density at radius 3 is 2.83 bits per heavy atom. The Balaban J connectivity index is 0.00000120. The van der Waals surface area contributed by atoms with Crippen LogP contribution < -0.4 is 0 Å². The van der Waals surface area contributed by atoms with Crippen LogP contribution in [0.15, 0.2) is 29.9 Å². The van der Waals surface area contributed by atoms with Crippen molar-refractivity contribution in [2.75, 3.05) is 0 Å². The van der Waals surface area contributed by atoms with Gasteiger partial charge in [0.25, 0.3) is 0 Å². The van der Waals surface area contributed by atoms with Gasteiger partial charge in [-0.2, -0.15) is 0 Å². The van der Waals surface area contributed by atoms with Crippen molar-refractivity contribution >= 4 is 21.6 Å². The third kappa shape index (κ3) is 2.19. The molecular weight excluding hydrogens is 434 g/mol. The topological polar surface area (TPSA) is 25.8 Å². The summed E-state index contributed by atoms with van der Waals surface area (Å²) in [6.45, 7) is 0. The predicted octanol–water partition coefficient (Wildman–Crippen LogP) is 3.43. The van der Waals surface area contributed by atoms with Gasteiger partial charge in [-0.1, -0.05) is 11.6 Å². The molecule has 18 heavy (non-hydrogen) atoms. The molecular formula is C12H5F2IrN2S-. The molecule has 0 fully saturated rings. The van der Waals surface area contributed by atoms with Crippen molar-refractivity contribution in [2.24, 2.45) is 0 Å². The minimum absolute atomic E-state index is 0. The van der Waals surface area contributed by atoms with Crippen LogP contribution in [0.1, 0.15) is 0 Å². The molecule has 0 bridgehead atoms. The van der Waals surface area contributed by atoms with Gasteiger partial charge >= 0.3 is 0 Å². The van der Waals surface area contributed by atoms with Crippen LogP contribution in [0, 0.1) is 17.7 Å². The summed E-state index contributed by atoms with van der Waals surface area (Å²) >= 11 is 1.44. The molecule has 0 spiro atoms. The largest absolute Gasteiger partial charge is 0.285 e. The van der Waals surface area contributed by atoms with Crippen molar-refractivity contribution in [2.45, 2.75) is 0 Å². The van der Waals surface area contributed by atoms with E-state index in [1.807, 2.05) is 11.4 Å². The molecule has 0 saturated heterocycles. The smallest absolute Gasteiger partial charge is 0.117 e. The number of hydrogen-bond acceptors (Lipinski definition) is 3. The summed E-state index contributed by atoms with van der Waals surface area (Å²) < 4.78 is 26.5. The number of nitrogens with zero attached hydrogens (tertiary/aromatic N) is 2. The van der Waals surface area contributed by atoms with Crippen LogP contribution in [-0.2, 0) is 20.1 Å². The van der Waals surface area contributed by atoms with Crippen LogP contribution in [0.2, 0.25) is 0 Å². The van der Waals surface area contributed by atoms with E-state index in [-0.39, 0.29) is 25.7 Å². The molecule has 3 aromatic rings. The molecule has 93 valence electrons. The first-order chi connectivity index (χ1) is 8.25. The fourth-order valence-electron chi connectivity index (χ4n) is 1.62. The van der Waals surface area contributed by atoms with Crippen LogP contribution in [0.25, 0.3) is 21.5 Å². The molecule has 0 aliphatic carbocycles. The predicted molar refractivity (Wildman–Crippen MR) is 61.6 cm³/mol. The van der Waals surface area contributed by atoms with Crippen molar-refractivity contribution < 1.29 is 28.9 Å². The Labute approximate surface area is 119 Å². The summed E-state index contributed by atoms with van der Waals surface area (Å²) in [4.78, 5) is 8.88. The standard InChI is InChI=1S/C12H5F2N2S.Ir/c13-7-1-2-8(10(14)5-7)11-9-3-4-17-12(9)16-6-15-11;/h1,3-6H;/q-1;. The second kappa shape index (κ2) is 5.18. The first-order valence-electron chi connectivity index (χ1n) is 4.81. The number of fused-ring (bicyclic) bond motifs is 1. The molecule has 0 atom stereocenters. The van der Waals surface area contributed by atoms with Crippen molar-refractivity contribution in [3.05, 3.63) is 47.6 Å². The minimum Gasteiger partial charge on any atom is -0.285 e. The Hall–Kier alpha value is -1.23. The molecule has 6 heteroatoms. The Kier molecular flexibility index (Phi) is 3.80.